The van der Waals surface area contributed by atoms with Crippen LogP contribution in [0.25, 0.3) is 0 Å². The second kappa shape index (κ2) is 9.02. The molecule has 9 nitrogen and oxygen atoms in total. The SMILES string of the molecule is CC(C)[Si]1(C(C)C)OC[C@H]2O[C@@H](n3cnc(C(N)=O)n3)CC2O[Si](C(C)C)(C(C)C)O1. The maximum Gasteiger partial charge on any atom is 0.335 e. The summed E-state index contributed by atoms with van der Waals surface area (Å²) in [5.41, 5.74) is 6.38. The van der Waals surface area contributed by atoms with Gasteiger partial charge in [-0.1, -0.05) is 55.4 Å². The summed E-state index contributed by atoms with van der Waals surface area (Å²) in [7, 11) is -5.26. The standard InChI is InChI=1S/C20H38N4O5Si2/c1-12(2)30(13(3)4)26-10-17-16(28-31(29-30,14(5)6)15(7)8)9-18(27-17)24-11-22-20(23-24)19(21)25/h11-18H,9-10H2,1-8H3,(H2,21,25)/t16?,17-,18-/m1/s1. The second-order valence-electron chi connectivity index (χ2n) is 9.91. The highest BCUT2D eigenvalue weighted by atomic mass is 28.5. The van der Waals surface area contributed by atoms with Crippen molar-refractivity contribution in [3.05, 3.63) is 12.2 Å². The lowest BCUT2D eigenvalue weighted by Gasteiger charge is -2.51. The van der Waals surface area contributed by atoms with Gasteiger partial charge in [-0.25, -0.2) is 9.67 Å². The second-order valence-corrected chi connectivity index (χ2v) is 18.8. The number of primary amides is 1. The fraction of sp³-hybridized carbons (Fsp3) is 0.850. The number of rotatable bonds is 6. The summed E-state index contributed by atoms with van der Waals surface area (Å²) in [6.45, 7) is 18.0. The van der Waals surface area contributed by atoms with Crippen molar-refractivity contribution in [3.8, 4) is 0 Å². The molecule has 2 saturated heterocycles. The Labute approximate surface area is 187 Å². The molecule has 0 saturated carbocycles. The van der Waals surface area contributed by atoms with Gasteiger partial charge in [-0.2, -0.15) is 0 Å². The molecule has 2 N–H and O–H groups in total. The third-order valence-electron chi connectivity index (χ3n) is 6.55. The lowest BCUT2D eigenvalue weighted by atomic mass is 10.2. The van der Waals surface area contributed by atoms with Crippen LogP contribution in [0.5, 0.6) is 0 Å². The molecule has 3 rings (SSSR count). The van der Waals surface area contributed by atoms with Crippen LogP contribution in [-0.4, -0.2) is 56.6 Å². The van der Waals surface area contributed by atoms with E-state index in [1.807, 2.05) is 0 Å². The Bertz CT molecular complexity index is 769. The molecule has 1 amide bonds. The van der Waals surface area contributed by atoms with E-state index in [0.29, 0.717) is 13.0 Å². The number of nitrogens with zero attached hydrogens (tertiary/aromatic N) is 3. The minimum atomic E-state index is -2.67. The number of hydrogen-bond donors (Lipinski definition) is 1. The van der Waals surface area contributed by atoms with Crippen molar-refractivity contribution in [2.24, 2.45) is 5.73 Å². The summed E-state index contributed by atoms with van der Waals surface area (Å²) in [5.74, 6) is -0.682. The van der Waals surface area contributed by atoms with Crippen LogP contribution in [0.1, 0.15) is 78.7 Å². The van der Waals surface area contributed by atoms with Gasteiger partial charge in [0.15, 0.2) is 6.23 Å². The van der Waals surface area contributed by atoms with Gasteiger partial charge < -0.3 is 23.4 Å². The van der Waals surface area contributed by atoms with Crippen LogP contribution in [0.3, 0.4) is 0 Å². The lowest BCUT2D eigenvalue weighted by Crippen LogP contribution is -2.65. The lowest BCUT2D eigenvalue weighted by molar-refractivity contribution is -0.0587. The molecule has 1 unspecified atom stereocenters. The minimum Gasteiger partial charge on any atom is -0.414 e. The fourth-order valence-corrected chi connectivity index (χ4v) is 16.0. The van der Waals surface area contributed by atoms with E-state index >= 15 is 0 Å². The van der Waals surface area contributed by atoms with E-state index in [9.17, 15) is 4.79 Å². The topological polar surface area (TPSA) is 111 Å². The molecular formula is C20H38N4O5Si2. The smallest absolute Gasteiger partial charge is 0.335 e. The molecule has 11 heteroatoms. The van der Waals surface area contributed by atoms with E-state index in [1.54, 1.807) is 4.68 Å². The molecule has 31 heavy (non-hydrogen) atoms. The van der Waals surface area contributed by atoms with Crippen LogP contribution in [0.15, 0.2) is 6.33 Å². The van der Waals surface area contributed by atoms with E-state index in [2.05, 4.69) is 65.5 Å². The predicted octanol–water partition coefficient (Wildman–Crippen LogP) is 3.62. The molecule has 0 radical (unpaired) electrons. The number of aromatic nitrogens is 3. The number of amides is 1. The Hall–Kier alpha value is -1.12. The fourth-order valence-electron chi connectivity index (χ4n) is 4.82. The maximum atomic E-state index is 11.4. The number of fused-ring (bicyclic) bond motifs is 1. The molecule has 3 atom stereocenters. The molecule has 2 fully saturated rings. The summed E-state index contributed by atoms with van der Waals surface area (Å²) < 4.78 is 28.8. The zero-order valence-corrected chi connectivity index (χ0v) is 22.0. The number of ether oxygens (including phenoxy) is 1. The van der Waals surface area contributed by atoms with E-state index in [1.165, 1.54) is 6.33 Å². The Morgan fingerprint density at radius 2 is 1.61 bits per heavy atom. The molecule has 0 bridgehead atoms. The Morgan fingerprint density at radius 3 is 2.10 bits per heavy atom. The van der Waals surface area contributed by atoms with Crippen LogP contribution in [0.4, 0.5) is 0 Å². The van der Waals surface area contributed by atoms with Crippen LogP contribution < -0.4 is 5.73 Å². The van der Waals surface area contributed by atoms with Crippen molar-refractivity contribution in [1.29, 1.82) is 0 Å². The van der Waals surface area contributed by atoms with Crippen LogP contribution >= 0.6 is 0 Å². The molecule has 1 aromatic heterocycles. The summed E-state index contributed by atoms with van der Waals surface area (Å²) >= 11 is 0. The third-order valence-corrected chi connectivity index (χ3v) is 16.8. The molecule has 3 heterocycles. The third kappa shape index (κ3) is 4.40. The van der Waals surface area contributed by atoms with Gasteiger partial charge in [-0.15, -0.1) is 5.10 Å². The highest BCUT2D eigenvalue weighted by molar-refractivity contribution is 6.83. The van der Waals surface area contributed by atoms with Crippen molar-refractivity contribution >= 4 is 23.0 Å². The first-order valence-electron chi connectivity index (χ1n) is 11.3. The van der Waals surface area contributed by atoms with Crippen LogP contribution in [-0.2, 0) is 17.7 Å². The summed E-state index contributed by atoms with van der Waals surface area (Å²) in [4.78, 5) is 15.4. The molecule has 176 valence electrons. The van der Waals surface area contributed by atoms with Gasteiger partial charge in [0.1, 0.15) is 12.4 Å². The van der Waals surface area contributed by atoms with Gasteiger partial charge in [0.05, 0.1) is 12.7 Å². The molecule has 2 aliphatic rings. The molecule has 0 aromatic carbocycles. The molecule has 1 aromatic rings. The van der Waals surface area contributed by atoms with E-state index in [4.69, 9.17) is 23.4 Å². The van der Waals surface area contributed by atoms with Crippen LogP contribution in [0, 0.1) is 0 Å². The zero-order chi connectivity index (χ0) is 23.1. The van der Waals surface area contributed by atoms with Gasteiger partial charge in [-0.3, -0.25) is 4.79 Å². The first-order valence-corrected chi connectivity index (χ1v) is 15.3. The summed E-state index contributed by atoms with van der Waals surface area (Å²) in [6.07, 6.45) is 1.28. The first kappa shape index (κ1) is 24.5. The van der Waals surface area contributed by atoms with Crippen molar-refractivity contribution in [1.82, 2.24) is 14.8 Å². The van der Waals surface area contributed by atoms with Crippen molar-refractivity contribution < 1.29 is 22.5 Å². The number of carbonyl (C=O) groups is 1. The van der Waals surface area contributed by atoms with Crippen molar-refractivity contribution in [2.75, 3.05) is 6.61 Å². The Morgan fingerprint density at radius 1 is 1.03 bits per heavy atom. The van der Waals surface area contributed by atoms with Crippen molar-refractivity contribution in [3.63, 3.8) is 0 Å². The van der Waals surface area contributed by atoms with E-state index in [0.717, 1.165) is 0 Å². The highest BCUT2D eigenvalue weighted by Crippen LogP contribution is 2.48. The van der Waals surface area contributed by atoms with Gasteiger partial charge in [-0.05, 0) is 22.2 Å². The van der Waals surface area contributed by atoms with Crippen molar-refractivity contribution in [2.45, 2.75) is 102 Å². The quantitative estimate of drug-likeness (QED) is 0.632. The summed E-state index contributed by atoms with van der Waals surface area (Å²) in [6, 6.07) is 0. The maximum absolute atomic E-state index is 11.4. The largest absolute Gasteiger partial charge is 0.414 e. The Balaban J connectivity index is 1.97. The zero-order valence-electron chi connectivity index (χ0n) is 20.0. The van der Waals surface area contributed by atoms with Gasteiger partial charge in [0.25, 0.3) is 5.91 Å². The van der Waals surface area contributed by atoms with Gasteiger partial charge in [0.2, 0.25) is 5.82 Å². The molecule has 0 spiro atoms. The summed E-state index contributed by atoms with van der Waals surface area (Å²) in [5, 5.41) is 4.19. The monoisotopic (exact) mass is 470 g/mol. The number of hydrogen-bond acceptors (Lipinski definition) is 7. The van der Waals surface area contributed by atoms with Crippen LogP contribution in [0.2, 0.25) is 22.2 Å². The number of nitrogens with two attached hydrogens (primary N) is 1. The first-order chi connectivity index (χ1) is 14.4. The highest BCUT2D eigenvalue weighted by Gasteiger charge is 2.60. The van der Waals surface area contributed by atoms with Gasteiger partial charge >= 0.3 is 17.1 Å². The van der Waals surface area contributed by atoms with Gasteiger partial charge in [0, 0.05) is 6.42 Å². The predicted molar refractivity (Wildman–Crippen MR) is 121 cm³/mol. The van der Waals surface area contributed by atoms with E-state index < -0.39 is 29.3 Å². The minimum absolute atomic E-state index is 0.0208. The average Bonchev–Trinajstić information content (AvgIpc) is 3.28. The molecular weight excluding hydrogens is 432 g/mol. The average molecular weight is 471 g/mol. The normalized spacial score (nSPS) is 28.2. The molecule has 2 aliphatic heterocycles. The van der Waals surface area contributed by atoms with E-state index in [-0.39, 0.29) is 40.2 Å². The number of carbonyl (C=O) groups excluding carboxylic acids is 1. The Kier molecular flexibility index (Phi) is 7.14. The molecule has 0 aliphatic carbocycles.